The Hall–Kier alpha value is -2.63. The molecule has 1 fully saturated rings. The van der Waals surface area contributed by atoms with Gasteiger partial charge >= 0.3 is 0 Å². The molecule has 0 atom stereocenters. The molecule has 1 aliphatic rings. The largest absolute Gasteiger partial charge is 0.492 e. The molecule has 0 radical (unpaired) electrons. The van der Waals surface area contributed by atoms with E-state index in [-0.39, 0.29) is 36.9 Å². The first-order valence-electron chi connectivity index (χ1n) is 12.5. The highest BCUT2D eigenvalue weighted by atomic mass is 32.2. The van der Waals surface area contributed by atoms with Crippen LogP contribution in [0.25, 0.3) is 0 Å². The first-order chi connectivity index (χ1) is 17.5. The predicted octanol–water partition coefficient (Wildman–Crippen LogP) is 3.22. The van der Waals surface area contributed by atoms with Gasteiger partial charge in [-0.15, -0.1) is 0 Å². The van der Waals surface area contributed by atoms with Crippen molar-refractivity contribution in [3.8, 4) is 5.75 Å². The van der Waals surface area contributed by atoms with Crippen LogP contribution in [-0.4, -0.2) is 66.1 Å². The lowest BCUT2D eigenvalue weighted by Gasteiger charge is -2.25. The van der Waals surface area contributed by atoms with E-state index in [4.69, 9.17) is 4.74 Å². The van der Waals surface area contributed by atoms with Gasteiger partial charge in [0, 0.05) is 26.1 Å². The molecule has 2 aromatic carbocycles. The molecule has 37 heavy (non-hydrogen) atoms. The summed E-state index contributed by atoms with van der Waals surface area (Å²) in [5, 5.41) is 2.77. The number of sulfonamides is 2. The standard InChI is InChI=1S/C26H37N3O6S2/c1-21-9-10-22(2)25(20-21)29(36(3,31)32)18-7-8-26(30)27-15-19-35-23-11-13-24(14-12-23)37(33,34)28-16-5-4-6-17-28/h9-14,20H,4-8,15-19H2,1-3H3,(H,27,30). The minimum Gasteiger partial charge on any atom is -0.492 e. The van der Waals surface area contributed by atoms with Gasteiger partial charge in [-0.2, -0.15) is 4.31 Å². The fourth-order valence-electron chi connectivity index (χ4n) is 4.25. The van der Waals surface area contributed by atoms with Gasteiger partial charge in [0.15, 0.2) is 0 Å². The molecule has 0 bridgehead atoms. The summed E-state index contributed by atoms with van der Waals surface area (Å²) < 4.78 is 58.7. The third kappa shape index (κ3) is 8.18. The number of carbonyl (C=O) groups is 1. The van der Waals surface area contributed by atoms with Gasteiger partial charge in [-0.1, -0.05) is 18.6 Å². The Kier molecular flexibility index (Phi) is 9.97. The van der Waals surface area contributed by atoms with E-state index in [0.717, 1.165) is 30.4 Å². The number of amides is 1. The van der Waals surface area contributed by atoms with Gasteiger partial charge in [-0.25, -0.2) is 16.8 Å². The molecule has 204 valence electrons. The Morgan fingerprint density at radius 3 is 2.32 bits per heavy atom. The summed E-state index contributed by atoms with van der Waals surface area (Å²) >= 11 is 0. The van der Waals surface area contributed by atoms with Crippen molar-refractivity contribution in [3.05, 3.63) is 53.6 Å². The van der Waals surface area contributed by atoms with Crippen LogP contribution in [0.5, 0.6) is 5.75 Å². The number of anilines is 1. The van der Waals surface area contributed by atoms with Gasteiger partial charge < -0.3 is 10.1 Å². The van der Waals surface area contributed by atoms with E-state index in [1.807, 2.05) is 32.0 Å². The second-order valence-electron chi connectivity index (χ2n) is 9.36. The van der Waals surface area contributed by atoms with Crippen LogP contribution in [0, 0.1) is 13.8 Å². The van der Waals surface area contributed by atoms with Crippen molar-refractivity contribution in [1.82, 2.24) is 9.62 Å². The third-order valence-electron chi connectivity index (χ3n) is 6.27. The second-order valence-corrected chi connectivity index (χ2v) is 13.2. The molecular formula is C26H37N3O6S2. The molecule has 9 nitrogen and oxygen atoms in total. The zero-order valence-corrected chi connectivity index (χ0v) is 23.4. The molecule has 0 aromatic heterocycles. The molecule has 1 N–H and O–H groups in total. The number of ether oxygens (including phenoxy) is 1. The molecule has 0 saturated carbocycles. The fourth-order valence-corrected chi connectivity index (χ4v) is 6.78. The Bertz CT molecular complexity index is 1270. The van der Waals surface area contributed by atoms with E-state index in [9.17, 15) is 21.6 Å². The minimum absolute atomic E-state index is 0.180. The molecule has 3 rings (SSSR count). The van der Waals surface area contributed by atoms with Gasteiger partial charge in [0.25, 0.3) is 0 Å². The highest BCUT2D eigenvalue weighted by Gasteiger charge is 2.25. The average Bonchev–Trinajstić information content (AvgIpc) is 2.86. The Labute approximate surface area is 220 Å². The maximum atomic E-state index is 12.7. The number of rotatable bonds is 12. The summed E-state index contributed by atoms with van der Waals surface area (Å²) in [4.78, 5) is 12.5. The van der Waals surface area contributed by atoms with Gasteiger partial charge in [0.05, 0.1) is 23.4 Å². The van der Waals surface area contributed by atoms with Crippen molar-refractivity contribution >= 4 is 31.6 Å². The van der Waals surface area contributed by atoms with Crippen LogP contribution in [0.15, 0.2) is 47.4 Å². The van der Waals surface area contributed by atoms with Gasteiger partial charge in [-0.05, 0) is 74.6 Å². The smallest absolute Gasteiger partial charge is 0.243 e. The predicted molar refractivity (Wildman–Crippen MR) is 145 cm³/mol. The van der Waals surface area contributed by atoms with Crippen molar-refractivity contribution in [2.24, 2.45) is 0 Å². The molecule has 2 aromatic rings. The number of aryl methyl sites for hydroxylation is 2. The topological polar surface area (TPSA) is 113 Å². The molecule has 11 heteroatoms. The summed E-state index contributed by atoms with van der Waals surface area (Å²) in [5.74, 6) is 0.324. The van der Waals surface area contributed by atoms with Crippen LogP contribution in [0.2, 0.25) is 0 Å². The third-order valence-corrected chi connectivity index (χ3v) is 9.36. The molecule has 1 saturated heterocycles. The van der Waals surface area contributed by atoms with Crippen LogP contribution in [0.4, 0.5) is 5.69 Å². The summed E-state index contributed by atoms with van der Waals surface area (Å²) in [7, 11) is -6.97. The number of hydrogen-bond donors (Lipinski definition) is 1. The zero-order valence-electron chi connectivity index (χ0n) is 21.8. The zero-order chi connectivity index (χ0) is 27.1. The van der Waals surface area contributed by atoms with Crippen molar-refractivity contribution in [3.63, 3.8) is 0 Å². The van der Waals surface area contributed by atoms with E-state index in [2.05, 4.69) is 5.32 Å². The van der Waals surface area contributed by atoms with Crippen LogP contribution >= 0.6 is 0 Å². The number of benzene rings is 2. The van der Waals surface area contributed by atoms with Crippen molar-refractivity contribution in [1.29, 1.82) is 0 Å². The molecule has 1 aliphatic heterocycles. The van der Waals surface area contributed by atoms with Gasteiger partial charge in [-0.3, -0.25) is 9.10 Å². The summed E-state index contributed by atoms with van der Waals surface area (Å²) in [6.45, 7) is 5.59. The first kappa shape index (κ1) is 28.9. The normalized spacial score (nSPS) is 14.8. The van der Waals surface area contributed by atoms with Crippen LogP contribution in [0.3, 0.4) is 0 Å². The first-order valence-corrected chi connectivity index (χ1v) is 15.8. The number of nitrogens with one attached hydrogen (secondary N) is 1. The van der Waals surface area contributed by atoms with Crippen LogP contribution in [-0.2, 0) is 24.8 Å². The van der Waals surface area contributed by atoms with E-state index < -0.39 is 20.0 Å². The van der Waals surface area contributed by atoms with Crippen molar-refractivity contribution in [2.75, 3.05) is 43.3 Å². The van der Waals surface area contributed by atoms with E-state index >= 15 is 0 Å². The lowest BCUT2D eigenvalue weighted by Crippen LogP contribution is -2.35. The number of nitrogens with zero attached hydrogens (tertiary/aromatic N) is 2. The van der Waals surface area contributed by atoms with Gasteiger partial charge in [0.1, 0.15) is 12.4 Å². The van der Waals surface area contributed by atoms with E-state index in [1.165, 1.54) is 14.9 Å². The molecule has 1 heterocycles. The monoisotopic (exact) mass is 551 g/mol. The summed E-state index contributed by atoms with van der Waals surface area (Å²) in [5.41, 5.74) is 2.45. The molecule has 0 unspecified atom stereocenters. The maximum absolute atomic E-state index is 12.7. The number of piperidine rings is 1. The number of hydrogen-bond acceptors (Lipinski definition) is 6. The lowest BCUT2D eigenvalue weighted by atomic mass is 10.1. The lowest BCUT2D eigenvalue weighted by molar-refractivity contribution is -0.121. The molecule has 0 aliphatic carbocycles. The minimum atomic E-state index is -3.48. The van der Waals surface area contributed by atoms with Crippen molar-refractivity contribution in [2.45, 2.75) is 50.8 Å². The Balaban J connectivity index is 1.42. The summed E-state index contributed by atoms with van der Waals surface area (Å²) in [6, 6.07) is 12.0. The van der Waals surface area contributed by atoms with Gasteiger partial charge in [0.2, 0.25) is 26.0 Å². The quantitative estimate of drug-likeness (QED) is 0.405. The SMILES string of the molecule is Cc1ccc(C)c(N(CCCC(=O)NCCOc2ccc(S(=O)(=O)N3CCCCC3)cc2)S(C)(=O)=O)c1. The molecule has 0 spiro atoms. The van der Waals surface area contributed by atoms with Crippen LogP contribution in [0.1, 0.15) is 43.2 Å². The maximum Gasteiger partial charge on any atom is 0.243 e. The number of carbonyl (C=O) groups excluding carboxylic acids is 1. The fraction of sp³-hybridized carbons (Fsp3) is 0.500. The van der Waals surface area contributed by atoms with Crippen molar-refractivity contribution < 1.29 is 26.4 Å². The van der Waals surface area contributed by atoms with E-state index in [1.54, 1.807) is 24.3 Å². The second kappa shape index (κ2) is 12.7. The average molecular weight is 552 g/mol. The Morgan fingerprint density at radius 1 is 1.00 bits per heavy atom. The molecular weight excluding hydrogens is 514 g/mol. The van der Waals surface area contributed by atoms with Crippen LogP contribution < -0.4 is 14.4 Å². The molecule has 1 amide bonds. The highest BCUT2D eigenvalue weighted by Crippen LogP contribution is 2.25. The highest BCUT2D eigenvalue weighted by molar-refractivity contribution is 7.92. The van der Waals surface area contributed by atoms with E-state index in [0.29, 0.717) is 30.9 Å². The summed E-state index contributed by atoms with van der Waals surface area (Å²) in [6.07, 6.45) is 4.55. The Morgan fingerprint density at radius 2 is 1.68 bits per heavy atom.